The number of rotatable bonds is 6. The quantitative estimate of drug-likeness (QED) is 0.573. The van der Waals surface area contributed by atoms with E-state index in [0.717, 1.165) is 19.4 Å². The van der Waals surface area contributed by atoms with Crippen molar-refractivity contribution in [3.63, 3.8) is 0 Å². The predicted octanol–water partition coefficient (Wildman–Crippen LogP) is 1.99. The summed E-state index contributed by atoms with van der Waals surface area (Å²) in [6, 6.07) is 5.98. The zero-order valence-electron chi connectivity index (χ0n) is 13.9. The highest BCUT2D eigenvalue weighted by atomic mass is 32.2. The molecule has 0 atom stereocenters. The fourth-order valence-electron chi connectivity index (χ4n) is 1.65. The third kappa shape index (κ3) is 7.73. The number of hydrogen-bond donors (Lipinski definition) is 4. The number of nitrogen functional groups attached to an aromatic ring is 1. The molecule has 0 unspecified atom stereocenters. The van der Waals surface area contributed by atoms with Gasteiger partial charge in [0.1, 0.15) is 0 Å². The smallest absolute Gasteiger partial charge is 0.263 e. The molecule has 1 heterocycles. The molecule has 0 aliphatic rings. The lowest BCUT2D eigenvalue weighted by Gasteiger charge is -2.16. The van der Waals surface area contributed by atoms with Crippen LogP contribution >= 0.6 is 11.3 Å². The Kier molecular flexibility index (Phi) is 7.61. The Hall–Kier alpha value is -1.68. The molecule has 2 rings (SSSR count). The highest BCUT2D eigenvalue weighted by Crippen LogP contribution is 2.18. The standard InChI is InChI=1S/C9H9N3O2S2.C6H16N2/c10-7-1-3-8(4-2-7)16(13,14)12-9-11-5-6-15-9;1-6(2,8)4-3-5-7/h1-6H,10H2,(H,11,12);3-5,7-8H2,1-2H3. The van der Waals surface area contributed by atoms with E-state index in [4.69, 9.17) is 17.2 Å². The number of nitrogens with two attached hydrogens (primary N) is 3. The number of benzene rings is 1. The van der Waals surface area contributed by atoms with E-state index in [9.17, 15) is 8.42 Å². The first-order valence-electron chi connectivity index (χ1n) is 7.41. The van der Waals surface area contributed by atoms with Crippen LogP contribution in [-0.4, -0.2) is 25.5 Å². The molecule has 0 bridgehead atoms. The summed E-state index contributed by atoms with van der Waals surface area (Å²) in [5.74, 6) is 0. The van der Waals surface area contributed by atoms with E-state index in [2.05, 4.69) is 9.71 Å². The summed E-state index contributed by atoms with van der Waals surface area (Å²) in [5.41, 5.74) is 16.9. The topological polar surface area (TPSA) is 137 Å². The van der Waals surface area contributed by atoms with E-state index >= 15 is 0 Å². The Morgan fingerprint density at radius 3 is 2.29 bits per heavy atom. The van der Waals surface area contributed by atoms with Gasteiger partial charge in [-0.15, -0.1) is 11.3 Å². The molecule has 0 spiro atoms. The molecule has 9 heteroatoms. The molecule has 7 N–H and O–H groups in total. The van der Waals surface area contributed by atoms with Crippen molar-refractivity contribution >= 4 is 32.2 Å². The maximum Gasteiger partial charge on any atom is 0.263 e. The summed E-state index contributed by atoms with van der Waals surface area (Å²) in [5, 5.41) is 2.04. The van der Waals surface area contributed by atoms with Gasteiger partial charge >= 0.3 is 0 Å². The third-order valence-electron chi connectivity index (χ3n) is 2.87. The monoisotopic (exact) mass is 371 g/mol. The lowest BCUT2D eigenvalue weighted by molar-refractivity contribution is 0.462. The summed E-state index contributed by atoms with van der Waals surface area (Å²) in [6.07, 6.45) is 3.58. The Bertz CT molecular complexity index is 692. The van der Waals surface area contributed by atoms with E-state index in [0.29, 0.717) is 10.8 Å². The summed E-state index contributed by atoms with van der Waals surface area (Å²) >= 11 is 1.22. The molecular weight excluding hydrogens is 346 g/mol. The van der Waals surface area contributed by atoms with E-state index in [-0.39, 0.29) is 10.4 Å². The summed E-state index contributed by atoms with van der Waals surface area (Å²) < 4.78 is 26.0. The summed E-state index contributed by atoms with van der Waals surface area (Å²) in [7, 11) is -3.56. The van der Waals surface area contributed by atoms with Crippen LogP contribution in [0.3, 0.4) is 0 Å². The van der Waals surface area contributed by atoms with Crippen LogP contribution in [0.1, 0.15) is 26.7 Å². The van der Waals surface area contributed by atoms with Crippen LogP contribution in [0, 0.1) is 0 Å². The minimum absolute atomic E-state index is 0.0284. The molecule has 0 aliphatic carbocycles. The van der Waals surface area contributed by atoms with Gasteiger partial charge < -0.3 is 17.2 Å². The number of hydrogen-bond acceptors (Lipinski definition) is 7. The van der Waals surface area contributed by atoms with E-state index < -0.39 is 10.0 Å². The van der Waals surface area contributed by atoms with Crippen molar-refractivity contribution in [3.8, 4) is 0 Å². The molecular formula is C15H25N5O2S2. The van der Waals surface area contributed by atoms with Crippen molar-refractivity contribution in [2.75, 3.05) is 17.0 Å². The molecule has 1 aromatic carbocycles. The van der Waals surface area contributed by atoms with Crippen molar-refractivity contribution in [1.29, 1.82) is 0 Å². The normalized spacial score (nSPS) is 11.5. The first-order valence-corrected chi connectivity index (χ1v) is 9.77. The predicted molar refractivity (Wildman–Crippen MR) is 100 cm³/mol. The molecule has 2 aromatic rings. The minimum Gasteiger partial charge on any atom is -0.399 e. The van der Waals surface area contributed by atoms with Crippen molar-refractivity contribution in [2.24, 2.45) is 11.5 Å². The average molecular weight is 372 g/mol. The average Bonchev–Trinajstić information content (AvgIpc) is 2.97. The van der Waals surface area contributed by atoms with E-state index in [1.54, 1.807) is 5.38 Å². The van der Waals surface area contributed by atoms with Crippen LogP contribution in [0.2, 0.25) is 0 Å². The fourth-order valence-corrected chi connectivity index (χ4v) is 3.44. The van der Waals surface area contributed by atoms with E-state index in [1.807, 2.05) is 13.8 Å². The molecule has 7 nitrogen and oxygen atoms in total. The Balaban J connectivity index is 0.000000307. The van der Waals surface area contributed by atoms with Crippen molar-refractivity contribution in [2.45, 2.75) is 37.1 Å². The largest absolute Gasteiger partial charge is 0.399 e. The van der Waals surface area contributed by atoms with Gasteiger partial charge in [0.05, 0.1) is 4.90 Å². The van der Waals surface area contributed by atoms with Gasteiger partial charge in [-0.05, 0) is 57.5 Å². The molecule has 24 heavy (non-hydrogen) atoms. The molecule has 0 radical (unpaired) electrons. The van der Waals surface area contributed by atoms with Gasteiger partial charge in [-0.3, -0.25) is 4.72 Å². The zero-order chi connectivity index (χ0) is 18.2. The van der Waals surface area contributed by atoms with Crippen molar-refractivity contribution in [1.82, 2.24) is 4.98 Å². The molecule has 0 fully saturated rings. The number of anilines is 2. The van der Waals surface area contributed by atoms with Gasteiger partial charge in [-0.1, -0.05) is 0 Å². The molecule has 0 saturated carbocycles. The van der Waals surface area contributed by atoms with Gasteiger partial charge in [-0.25, -0.2) is 13.4 Å². The molecule has 0 aliphatic heterocycles. The second-order valence-corrected chi connectivity index (χ2v) is 8.47. The highest BCUT2D eigenvalue weighted by molar-refractivity contribution is 7.93. The second-order valence-electron chi connectivity index (χ2n) is 5.89. The Morgan fingerprint density at radius 2 is 1.88 bits per heavy atom. The van der Waals surface area contributed by atoms with Crippen LogP contribution < -0.4 is 21.9 Å². The van der Waals surface area contributed by atoms with Gasteiger partial charge in [0.15, 0.2) is 5.13 Å². The number of sulfonamides is 1. The number of thiazole rings is 1. The van der Waals surface area contributed by atoms with Crippen LogP contribution in [0.5, 0.6) is 0 Å². The van der Waals surface area contributed by atoms with Crippen LogP contribution in [0.15, 0.2) is 40.7 Å². The molecule has 0 saturated heterocycles. The van der Waals surface area contributed by atoms with Crippen LogP contribution in [0.25, 0.3) is 0 Å². The fraction of sp³-hybridized carbons (Fsp3) is 0.400. The zero-order valence-corrected chi connectivity index (χ0v) is 15.5. The highest BCUT2D eigenvalue weighted by Gasteiger charge is 2.14. The lowest BCUT2D eigenvalue weighted by atomic mass is 10.0. The maximum atomic E-state index is 11.8. The Labute approximate surface area is 147 Å². The molecule has 0 amide bonds. The molecule has 1 aromatic heterocycles. The number of nitrogens with zero attached hydrogens (tertiary/aromatic N) is 1. The lowest BCUT2D eigenvalue weighted by Crippen LogP contribution is -2.32. The third-order valence-corrected chi connectivity index (χ3v) is 5.04. The van der Waals surface area contributed by atoms with Crippen molar-refractivity contribution < 1.29 is 8.42 Å². The molecule has 134 valence electrons. The minimum atomic E-state index is -3.56. The number of nitrogens with one attached hydrogen (secondary N) is 1. The number of aromatic nitrogens is 1. The second kappa shape index (κ2) is 8.97. The van der Waals surface area contributed by atoms with E-state index in [1.165, 1.54) is 41.8 Å². The maximum absolute atomic E-state index is 11.8. The van der Waals surface area contributed by atoms with Gasteiger partial charge in [0, 0.05) is 22.8 Å². The van der Waals surface area contributed by atoms with Crippen LogP contribution in [0.4, 0.5) is 10.8 Å². The van der Waals surface area contributed by atoms with Crippen molar-refractivity contribution in [3.05, 3.63) is 35.8 Å². The Morgan fingerprint density at radius 1 is 1.25 bits per heavy atom. The van der Waals surface area contributed by atoms with Gasteiger partial charge in [0.25, 0.3) is 10.0 Å². The van der Waals surface area contributed by atoms with Gasteiger partial charge in [-0.2, -0.15) is 0 Å². The SMILES string of the molecule is CC(C)(N)CCCN.Nc1ccc(S(=O)(=O)Nc2nccs2)cc1. The first kappa shape index (κ1) is 20.4. The summed E-state index contributed by atoms with van der Waals surface area (Å²) in [4.78, 5) is 4.01. The summed E-state index contributed by atoms with van der Waals surface area (Å²) in [6.45, 7) is 4.78. The van der Waals surface area contributed by atoms with Crippen LogP contribution in [-0.2, 0) is 10.0 Å². The first-order chi connectivity index (χ1) is 11.1. The van der Waals surface area contributed by atoms with Gasteiger partial charge in [0.2, 0.25) is 0 Å².